The van der Waals surface area contributed by atoms with Gasteiger partial charge < -0.3 is 5.32 Å². The van der Waals surface area contributed by atoms with E-state index in [4.69, 9.17) is 5.26 Å². The van der Waals surface area contributed by atoms with Crippen molar-refractivity contribution in [3.8, 4) is 6.07 Å². The highest BCUT2D eigenvalue weighted by atomic mass is 19.2. The number of nitrogens with zero attached hydrogens (tertiary/aromatic N) is 1. The van der Waals surface area contributed by atoms with Gasteiger partial charge in [0, 0.05) is 18.2 Å². The summed E-state index contributed by atoms with van der Waals surface area (Å²) in [5.41, 5.74) is 0.288. The van der Waals surface area contributed by atoms with Crippen molar-refractivity contribution in [3.63, 3.8) is 0 Å². The highest BCUT2D eigenvalue weighted by Crippen LogP contribution is 2.11. The SMILES string of the molecule is CCC(CC#N)NCc1cccc(F)c1F. The Morgan fingerprint density at radius 2 is 2.19 bits per heavy atom. The monoisotopic (exact) mass is 224 g/mol. The maximum Gasteiger partial charge on any atom is 0.163 e. The molecule has 0 aliphatic carbocycles. The third-order valence-electron chi connectivity index (χ3n) is 2.44. The van der Waals surface area contributed by atoms with Crippen LogP contribution in [0.3, 0.4) is 0 Å². The number of nitrogens with one attached hydrogen (secondary N) is 1. The molecule has 2 nitrogen and oxygen atoms in total. The van der Waals surface area contributed by atoms with E-state index in [1.54, 1.807) is 0 Å². The van der Waals surface area contributed by atoms with E-state index < -0.39 is 11.6 Å². The maximum atomic E-state index is 13.3. The standard InChI is InChI=1S/C12H14F2N2/c1-2-10(6-7-15)16-8-9-4-3-5-11(13)12(9)14/h3-5,10,16H,2,6,8H2,1H3. The number of hydrogen-bond acceptors (Lipinski definition) is 2. The minimum absolute atomic E-state index is 0.0210. The van der Waals surface area contributed by atoms with Gasteiger partial charge in [-0.05, 0) is 12.5 Å². The molecule has 1 N–H and O–H groups in total. The molecule has 0 bridgehead atoms. The second kappa shape index (κ2) is 6.19. The van der Waals surface area contributed by atoms with Crippen LogP contribution in [-0.4, -0.2) is 6.04 Å². The van der Waals surface area contributed by atoms with Crippen molar-refractivity contribution in [1.29, 1.82) is 5.26 Å². The Morgan fingerprint density at radius 1 is 1.44 bits per heavy atom. The molecule has 0 radical (unpaired) electrons. The Hall–Kier alpha value is -1.47. The van der Waals surface area contributed by atoms with Crippen LogP contribution in [0.4, 0.5) is 8.78 Å². The minimum Gasteiger partial charge on any atom is -0.309 e. The van der Waals surface area contributed by atoms with Gasteiger partial charge in [-0.1, -0.05) is 19.1 Å². The summed E-state index contributed by atoms with van der Waals surface area (Å²) in [4.78, 5) is 0. The Morgan fingerprint density at radius 3 is 2.81 bits per heavy atom. The van der Waals surface area contributed by atoms with E-state index in [0.29, 0.717) is 6.42 Å². The maximum absolute atomic E-state index is 13.3. The molecule has 0 heterocycles. The second-order valence-corrected chi connectivity index (χ2v) is 3.56. The summed E-state index contributed by atoms with van der Waals surface area (Å²) in [5, 5.41) is 11.6. The molecule has 16 heavy (non-hydrogen) atoms. The lowest BCUT2D eigenvalue weighted by Crippen LogP contribution is -2.27. The van der Waals surface area contributed by atoms with Gasteiger partial charge in [0.2, 0.25) is 0 Å². The predicted molar refractivity (Wildman–Crippen MR) is 57.5 cm³/mol. The number of nitriles is 1. The van der Waals surface area contributed by atoms with Gasteiger partial charge in [0.05, 0.1) is 12.5 Å². The van der Waals surface area contributed by atoms with E-state index in [0.717, 1.165) is 12.5 Å². The zero-order valence-corrected chi connectivity index (χ0v) is 9.13. The molecule has 0 aromatic heterocycles. The van der Waals surface area contributed by atoms with Crippen LogP contribution >= 0.6 is 0 Å². The van der Waals surface area contributed by atoms with Crippen molar-refractivity contribution in [2.45, 2.75) is 32.4 Å². The fraction of sp³-hybridized carbons (Fsp3) is 0.417. The summed E-state index contributed by atoms with van der Waals surface area (Å²) in [6.45, 7) is 2.18. The Kier molecular flexibility index (Phi) is 4.87. The first kappa shape index (κ1) is 12.6. The third kappa shape index (κ3) is 3.28. The molecule has 0 saturated heterocycles. The first-order valence-electron chi connectivity index (χ1n) is 5.22. The van der Waals surface area contributed by atoms with E-state index in [1.807, 2.05) is 6.92 Å². The highest BCUT2D eigenvalue weighted by Gasteiger charge is 2.09. The van der Waals surface area contributed by atoms with Gasteiger partial charge in [-0.3, -0.25) is 0 Å². The van der Waals surface area contributed by atoms with Gasteiger partial charge in [-0.25, -0.2) is 8.78 Å². The van der Waals surface area contributed by atoms with E-state index in [-0.39, 0.29) is 18.2 Å². The average Bonchev–Trinajstić information content (AvgIpc) is 2.29. The van der Waals surface area contributed by atoms with Gasteiger partial charge in [0.25, 0.3) is 0 Å². The zero-order valence-electron chi connectivity index (χ0n) is 9.13. The molecule has 1 aromatic rings. The summed E-state index contributed by atoms with van der Waals surface area (Å²) in [7, 11) is 0. The summed E-state index contributed by atoms with van der Waals surface area (Å²) in [6.07, 6.45) is 1.15. The van der Waals surface area contributed by atoms with E-state index in [1.165, 1.54) is 12.1 Å². The summed E-state index contributed by atoms with van der Waals surface area (Å²) >= 11 is 0. The smallest absolute Gasteiger partial charge is 0.163 e. The fourth-order valence-corrected chi connectivity index (χ4v) is 1.41. The van der Waals surface area contributed by atoms with Crippen LogP contribution < -0.4 is 5.32 Å². The lowest BCUT2D eigenvalue weighted by Gasteiger charge is -2.13. The molecule has 0 aliphatic rings. The molecule has 0 amide bonds. The van der Waals surface area contributed by atoms with Crippen LogP contribution in [0.5, 0.6) is 0 Å². The van der Waals surface area contributed by atoms with Crippen molar-refractivity contribution in [3.05, 3.63) is 35.4 Å². The van der Waals surface area contributed by atoms with Gasteiger partial charge in [-0.15, -0.1) is 0 Å². The van der Waals surface area contributed by atoms with Crippen LogP contribution in [-0.2, 0) is 6.54 Å². The zero-order chi connectivity index (χ0) is 12.0. The van der Waals surface area contributed by atoms with Crippen LogP contribution in [0.15, 0.2) is 18.2 Å². The summed E-state index contributed by atoms with van der Waals surface area (Å²) < 4.78 is 26.1. The van der Waals surface area contributed by atoms with Crippen LogP contribution in [0.2, 0.25) is 0 Å². The van der Waals surface area contributed by atoms with Crippen molar-refractivity contribution in [1.82, 2.24) is 5.32 Å². The van der Waals surface area contributed by atoms with Crippen molar-refractivity contribution >= 4 is 0 Å². The lowest BCUT2D eigenvalue weighted by molar-refractivity contribution is 0.468. The molecule has 0 fully saturated rings. The molecule has 86 valence electrons. The van der Waals surface area contributed by atoms with Crippen molar-refractivity contribution in [2.24, 2.45) is 0 Å². The van der Waals surface area contributed by atoms with Crippen molar-refractivity contribution in [2.75, 3.05) is 0 Å². The minimum atomic E-state index is -0.840. The Balaban J connectivity index is 2.60. The Bertz CT molecular complexity index is 385. The third-order valence-corrected chi connectivity index (χ3v) is 2.44. The molecule has 0 saturated carbocycles. The molecule has 4 heteroatoms. The first-order valence-corrected chi connectivity index (χ1v) is 5.22. The molecular weight excluding hydrogens is 210 g/mol. The number of rotatable bonds is 5. The fourth-order valence-electron chi connectivity index (χ4n) is 1.41. The predicted octanol–water partition coefficient (Wildman–Crippen LogP) is 2.75. The summed E-state index contributed by atoms with van der Waals surface area (Å²) in [6, 6.07) is 6.17. The molecule has 0 spiro atoms. The second-order valence-electron chi connectivity index (χ2n) is 3.56. The van der Waals surface area contributed by atoms with Crippen molar-refractivity contribution < 1.29 is 8.78 Å². The largest absolute Gasteiger partial charge is 0.309 e. The first-order chi connectivity index (χ1) is 7.69. The number of hydrogen-bond donors (Lipinski definition) is 1. The van der Waals surface area contributed by atoms with E-state index in [9.17, 15) is 8.78 Å². The van der Waals surface area contributed by atoms with Crippen LogP contribution in [0, 0.1) is 23.0 Å². The molecule has 1 rings (SSSR count). The Labute approximate surface area is 93.9 Å². The number of halogens is 2. The topological polar surface area (TPSA) is 35.8 Å². The number of benzene rings is 1. The summed E-state index contributed by atoms with van der Waals surface area (Å²) in [5.74, 6) is -1.66. The van der Waals surface area contributed by atoms with Gasteiger partial charge in [0.15, 0.2) is 11.6 Å². The average molecular weight is 224 g/mol. The van der Waals surface area contributed by atoms with Gasteiger partial charge in [-0.2, -0.15) is 5.26 Å². The highest BCUT2D eigenvalue weighted by molar-refractivity contribution is 5.18. The van der Waals surface area contributed by atoms with Crippen LogP contribution in [0.25, 0.3) is 0 Å². The molecular formula is C12H14F2N2. The van der Waals surface area contributed by atoms with Gasteiger partial charge in [0.1, 0.15) is 0 Å². The normalized spacial score (nSPS) is 12.1. The quantitative estimate of drug-likeness (QED) is 0.834. The molecule has 0 aliphatic heterocycles. The molecule has 1 unspecified atom stereocenters. The lowest BCUT2D eigenvalue weighted by atomic mass is 10.1. The molecule has 1 atom stereocenters. The van der Waals surface area contributed by atoms with Crippen LogP contribution in [0.1, 0.15) is 25.3 Å². The van der Waals surface area contributed by atoms with E-state index >= 15 is 0 Å². The van der Waals surface area contributed by atoms with E-state index in [2.05, 4.69) is 11.4 Å². The molecule has 1 aromatic carbocycles. The van der Waals surface area contributed by atoms with Gasteiger partial charge >= 0.3 is 0 Å².